The topological polar surface area (TPSA) is 8.17 Å². The van der Waals surface area contributed by atoms with Crippen LogP contribution < -0.4 is 4.90 Å². The van der Waals surface area contributed by atoms with E-state index in [1.165, 1.54) is 111 Å². The van der Waals surface area contributed by atoms with Gasteiger partial charge in [-0.2, -0.15) is 0 Å². The maximum atomic E-state index is 2.53. The first-order chi connectivity index (χ1) is 36.2. The van der Waals surface area contributed by atoms with Gasteiger partial charge in [-0.25, -0.2) is 0 Å². The maximum absolute atomic E-state index is 2.53. The molecule has 1 atom stereocenters. The average molecular weight is 927 g/mol. The minimum absolute atomic E-state index is 0.593. The van der Waals surface area contributed by atoms with Crippen LogP contribution in [0.25, 0.3) is 93.9 Å². The summed E-state index contributed by atoms with van der Waals surface area (Å²) in [5.41, 5.74) is 23.7. The van der Waals surface area contributed by atoms with Crippen LogP contribution in [0.2, 0.25) is 0 Å². The second kappa shape index (κ2) is 16.3. The lowest BCUT2D eigenvalue weighted by Crippen LogP contribution is -2.33. The van der Waals surface area contributed by atoms with E-state index in [0.29, 0.717) is 0 Å². The maximum Gasteiger partial charge on any atom is 0.0755 e. The summed E-state index contributed by atoms with van der Waals surface area (Å²) in [5, 5.41) is 5.02. The lowest BCUT2D eigenvalue weighted by Gasteiger charge is -2.40. The van der Waals surface area contributed by atoms with Crippen LogP contribution in [0.4, 0.5) is 17.1 Å². The fourth-order valence-electron chi connectivity index (χ4n) is 12.7. The average Bonchev–Trinajstić information content (AvgIpc) is 4.07. The van der Waals surface area contributed by atoms with Crippen LogP contribution in [0, 0.1) is 0 Å². The van der Waals surface area contributed by atoms with Crippen molar-refractivity contribution in [3.05, 3.63) is 301 Å². The standard InChI is InChI=1S/C71H46N2/c1-2-18-47(19-3-1)48-36-38-49(39-37-48)50-40-42-52(43-41-50)72(67-33-13-9-26-60(67)57-24-7-6-23-56(57)55-28-16-21-51-20-4-5-22-54(51)55)53-44-45-59-58-25-8-11-30-63(58)71(66(59)46-53)64-31-12-15-35-69(64)73-68-34-14-10-27-61(68)62-29-17-32-65(71)70(62)73/h1-46H. The largest absolute Gasteiger partial charge is 0.310 e. The Morgan fingerprint density at radius 3 is 1.59 bits per heavy atom. The van der Waals surface area contributed by atoms with Crippen LogP contribution >= 0.6 is 0 Å². The number of hydrogen-bond donors (Lipinski definition) is 0. The number of anilines is 3. The van der Waals surface area contributed by atoms with Gasteiger partial charge in [0.15, 0.2) is 0 Å². The van der Waals surface area contributed by atoms with E-state index in [-0.39, 0.29) is 0 Å². The van der Waals surface area contributed by atoms with Crippen LogP contribution in [0.3, 0.4) is 0 Å². The van der Waals surface area contributed by atoms with E-state index < -0.39 is 5.41 Å². The van der Waals surface area contributed by atoms with Crippen molar-refractivity contribution >= 4 is 49.6 Å². The summed E-state index contributed by atoms with van der Waals surface area (Å²) >= 11 is 0. The Kier molecular flexibility index (Phi) is 9.21. The SMILES string of the molecule is c1ccc(-c2ccc(-c3ccc(N(c4ccc5c(c4)C4(c6ccccc6-5)c5ccccc5-n5c6ccccc6c6cccc4c65)c4ccccc4-c4ccccc4-c4cccc5ccccc45)cc3)cc2)cc1. The highest BCUT2D eigenvalue weighted by molar-refractivity contribution is 6.13. The van der Waals surface area contributed by atoms with Gasteiger partial charge in [-0.05, 0) is 126 Å². The lowest BCUT2D eigenvalue weighted by atomic mass is 9.65. The molecule has 15 rings (SSSR count). The summed E-state index contributed by atoms with van der Waals surface area (Å²) < 4.78 is 2.53. The Bertz CT molecular complexity index is 4310. The molecule has 1 aliphatic heterocycles. The zero-order valence-corrected chi connectivity index (χ0v) is 40.0. The van der Waals surface area contributed by atoms with Crippen molar-refractivity contribution in [2.75, 3.05) is 4.90 Å². The van der Waals surface area contributed by atoms with E-state index in [0.717, 1.165) is 22.6 Å². The van der Waals surface area contributed by atoms with Crippen LogP contribution in [-0.4, -0.2) is 4.57 Å². The predicted molar refractivity (Wildman–Crippen MR) is 306 cm³/mol. The zero-order valence-electron chi connectivity index (χ0n) is 40.0. The second-order valence-corrected chi connectivity index (χ2v) is 19.5. The molecule has 0 fully saturated rings. The highest BCUT2D eigenvalue weighted by atomic mass is 15.1. The molecule has 0 saturated heterocycles. The summed E-state index contributed by atoms with van der Waals surface area (Å²) in [4.78, 5) is 2.50. The molecule has 2 heterocycles. The van der Waals surface area contributed by atoms with Crippen molar-refractivity contribution in [3.8, 4) is 61.3 Å². The van der Waals surface area contributed by atoms with Crippen molar-refractivity contribution in [3.63, 3.8) is 0 Å². The molecule has 0 radical (unpaired) electrons. The fourth-order valence-corrected chi connectivity index (χ4v) is 12.7. The van der Waals surface area contributed by atoms with Gasteiger partial charge in [0.05, 0.1) is 27.8 Å². The molecule has 12 aromatic carbocycles. The number of hydrogen-bond acceptors (Lipinski definition) is 1. The van der Waals surface area contributed by atoms with Crippen LogP contribution in [0.1, 0.15) is 22.3 Å². The third kappa shape index (κ3) is 6.11. The Hall–Kier alpha value is -9.50. The molecule has 13 aromatic rings. The molecule has 1 unspecified atom stereocenters. The van der Waals surface area contributed by atoms with Gasteiger partial charge in [-0.3, -0.25) is 0 Å². The molecule has 2 aliphatic rings. The van der Waals surface area contributed by atoms with Crippen molar-refractivity contribution in [2.45, 2.75) is 5.41 Å². The first kappa shape index (κ1) is 41.3. The third-order valence-corrected chi connectivity index (χ3v) is 15.8. The Morgan fingerprint density at radius 1 is 0.288 bits per heavy atom. The normalized spacial score (nSPS) is 14.1. The third-order valence-electron chi connectivity index (χ3n) is 15.8. The van der Waals surface area contributed by atoms with E-state index in [1.807, 2.05) is 0 Å². The summed E-state index contributed by atoms with van der Waals surface area (Å²) in [6.45, 7) is 0. The fraction of sp³-hybridized carbons (Fsp3) is 0.0141. The van der Waals surface area contributed by atoms with Crippen molar-refractivity contribution < 1.29 is 0 Å². The lowest BCUT2D eigenvalue weighted by molar-refractivity contribution is 0.748. The number of aromatic nitrogens is 1. The predicted octanol–water partition coefficient (Wildman–Crippen LogP) is 18.8. The minimum atomic E-state index is -0.593. The van der Waals surface area contributed by atoms with Crippen LogP contribution in [-0.2, 0) is 5.41 Å². The highest BCUT2D eigenvalue weighted by Crippen LogP contribution is 2.62. The summed E-state index contributed by atoms with van der Waals surface area (Å²) in [7, 11) is 0. The van der Waals surface area contributed by atoms with Gasteiger partial charge in [-0.1, -0.05) is 237 Å². The van der Waals surface area contributed by atoms with E-state index >= 15 is 0 Å². The van der Waals surface area contributed by atoms with Gasteiger partial charge in [0.1, 0.15) is 0 Å². The smallest absolute Gasteiger partial charge is 0.0755 e. The van der Waals surface area contributed by atoms with Gasteiger partial charge < -0.3 is 9.47 Å². The van der Waals surface area contributed by atoms with Gasteiger partial charge in [0.25, 0.3) is 0 Å². The molecule has 2 nitrogen and oxygen atoms in total. The Labute approximate surface area is 425 Å². The highest BCUT2D eigenvalue weighted by Gasteiger charge is 2.51. The quantitative estimate of drug-likeness (QED) is 0.155. The summed E-state index contributed by atoms with van der Waals surface area (Å²) in [5.74, 6) is 0. The molecule has 0 saturated carbocycles. The van der Waals surface area contributed by atoms with Crippen molar-refractivity contribution in [2.24, 2.45) is 0 Å². The van der Waals surface area contributed by atoms with E-state index in [4.69, 9.17) is 0 Å². The molecule has 0 N–H and O–H groups in total. The number of para-hydroxylation sites is 4. The van der Waals surface area contributed by atoms with Gasteiger partial charge in [-0.15, -0.1) is 0 Å². The van der Waals surface area contributed by atoms with Crippen molar-refractivity contribution in [1.82, 2.24) is 4.57 Å². The van der Waals surface area contributed by atoms with E-state index in [1.54, 1.807) is 0 Å². The van der Waals surface area contributed by atoms with Crippen LogP contribution in [0.5, 0.6) is 0 Å². The monoisotopic (exact) mass is 926 g/mol. The Morgan fingerprint density at radius 2 is 0.795 bits per heavy atom. The zero-order chi connectivity index (χ0) is 48.0. The number of benzene rings is 12. The Balaban J connectivity index is 0.967. The van der Waals surface area contributed by atoms with E-state index in [2.05, 4.69) is 289 Å². The van der Waals surface area contributed by atoms with Gasteiger partial charge in [0.2, 0.25) is 0 Å². The first-order valence-corrected chi connectivity index (χ1v) is 25.3. The molecule has 0 bridgehead atoms. The first-order valence-electron chi connectivity index (χ1n) is 25.3. The van der Waals surface area contributed by atoms with E-state index in [9.17, 15) is 0 Å². The molecule has 73 heavy (non-hydrogen) atoms. The summed E-state index contributed by atoms with van der Waals surface area (Å²) in [6.07, 6.45) is 0. The van der Waals surface area contributed by atoms with Gasteiger partial charge in [0, 0.05) is 27.7 Å². The molecule has 0 amide bonds. The molecule has 2 heteroatoms. The molecule has 1 aliphatic carbocycles. The summed E-state index contributed by atoms with van der Waals surface area (Å²) in [6, 6.07) is 104. The number of fused-ring (bicyclic) bond motifs is 13. The van der Waals surface area contributed by atoms with Crippen LogP contribution in [0.15, 0.2) is 279 Å². The molecular weight excluding hydrogens is 881 g/mol. The molecule has 1 aromatic heterocycles. The molecule has 1 spiro atoms. The number of rotatable bonds is 7. The molecular formula is C71H46N2. The second-order valence-electron chi connectivity index (χ2n) is 19.5. The number of nitrogens with zero attached hydrogens (tertiary/aromatic N) is 2. The minimum Gasteiger partial charge on any atom is -0.310 e. The van der Waals surface area contributed by atoms with Gasteiger partial charge >= 0.3 is 0 Å². The molecule has 340 valence electrons. The van der Waals surface area contributed by atoms with Crippen molar-refractivity contribution in [1.29, 1.82) is 0 Å².